The van der Waals surface area contributed by atoms with Crippen molar-refractivity contribution in [2.24, 2.45) is 0 Å². The van der Waals surface area contributed by atoms with E-state index in [0.717, 1.165) is 18.6 Å². The van der Waals surface area contributed by atoms with Gasteiger partial charge in [-0.2, -0.15) is 0 Å². The van der Waals surface area contributed by atoms with Crippen molar-refractivity contribution in [2.75, 3.05) is 7.11 Å². The van der Waals surface area contributed by atoms with Gasteiger partial charge in [-0.3, -0.25) is 3.53 Å². The molecule has 0 aliphatic heterocycles. The minimum atomic E-state index is 0.304. The van der Waals surface area contributed by atoms with E-state index in [1.165, 1.54) is 0 Å². The number of ether oxygens (including phenoxy) is 2. The average molecular weight is 320 g/mol. The highest BCUT2D eigenvalue weighted by molar-refractivity contribution is 14.1. The molecule has 15 heavy (non-hydrogen) atoms. The summed E-state index contributed by atoms with van der Waals surface area (Å²) >= 11 is 2.18. The first-order chi connectivity index (χ1) is 7.31. The lowest BCUT2D eigenvalue weighted by molar-refractivity contribution is 0.0923. The lowest BCUT2D eigenvalue weighted by Gasteiger charge is -2.33. The maximum absolute atomic E-state index is 5.67. The fraction of sp³-hybridized carbons (Fsp3) is 0.500. The number of hydrogen-bond donors (Lipinski definition) is 1. The average Bonchev–Trinajstić information content (AvgIpc) is 2.23. The van der Waals surface area contributed by atoms with E-state index in [1.807, 2.05) is 12.1 Å². The number of hydrogen-bond acceptors (Lipinski definition) is 4. The summed E-state index contributed by atoms with van der Waals surface area (Å²) in [5.74, 6) is 1.43. The van der Waals surface area contributed by atoms with Gasteiger partial charge in [0.15, 0.2) is 0 Å². The number of nitrogens with one attached hydrogen (secondary N) is 1. The molecule has 0 spiro atoms. The Bertz CT molecular complexity index is 312. The molecule has 4 nitrogen and oxygen atoms in total. The smallest absolute Gasteiger partial charge is 0.213 e. The Morgan fingerprint density at radius 1 is 1.47 bits per heavy atom. The Balaban J connectivity index is 1.84. The van der Waals surface area contributed by atoms with E-state index < -0.39 is 0 Å². The Labute approximate surface area is 103 Å². The van der Waals surface area contributed by atoms with E-state index in [4.69, 9.17) is 9.47 Å². The maximum atomic E-state index is 5.67. The molecular formula is C10H13IN2O2. The number of rotatable bonds is 4. The lowest BCUT2D eigenvalue weighted by Crippen LogP contribution is -2.43. The third-order valence-corrected chi connectivity index (χ3v) is 3.36. The molecule has 1 aliphatic rings. The second-order valence-corrected chi connectivity index (χ2v) is 4.18. The zero-order valence-electron chi connectivity index (χ0n) is 8.44. The number of halogens is 1. The van der Waals surface area contributed by atoms with Crippen LogP contribution < -0.4 is 13.0 Å². The van der Waals surface area contributed by atoms with Gasteiger partial charge in [-0.15, -0.1) is 0 Å². The molecule has 1 heterocycles. The van der Waals surface area contributed by atoms with Gasteiger partial charge in [0.25, 0.3) is 0 Å². The van der Waals surface area contributed by atoms with E-state index in [9.17, 15) is 0 Å². The lowest BCUT2D eigenvalue weighted by atomic mass is 9.90. The van der Waals surface area contributed by atoms with Crippen LogP contribution in [0, 0.1) is 0 Å². The Hall–Kier alpha value is -0.560. The van der Waals surface area contributed by atoms with Gasteiger partial charge in [0.1, 0.15) is 11.9 Å². The SMILES string of the molecule is COc1ccc(OC2CC(NI)C2)nc1. The summed E-state index contributed by atoms with van der Waals surface area (Å²) < 4.78 is 13.9. The Kier molecular flexibility index (Phi) is 3.63. The molecule has 82 valence electrons. The van der Waals surface area contributed by atoms with Gasteiger partial charge in [-0.25, -0.2) is 4.98 Å². The van der Waals surface area contributed by atoms with Gasteiger partial charge in [0.05, 0.1) is 13.3 Å². The largest absolute Gasteiger partial charge is 0.495 e. The van der Waals surface area contributed by atoms with Gasteiger partial charge in [-0.1, -0.05) is 0 Å². The maximum Gasteiger partial charge on any atom is 0.213 e. The molecule has 0 saturated heterocycles. The van der Waals surface area contributed by atoms with Gasteiger partial charge < -0.3 is 9.47 Å². The normalized spacial score (nSPS) is 24.4. The predicted octanol–water partition coefficient (Wildman–Crippen LogP) is 1.94. The summed E-state index contributed by atoms with van der Waals surface area (Å²) in [6.07, 6.45) is 4.08. The first kappa shape index (κ1) is 10.9. The van der Waals surface area contributed by atoms with Crippen molar-refractivity contribution in [3.63, 3.8) is 0 Å². The van der Waals surface area contributed by atoms with Crippen molar-refractivity contribution in [2.45, 2.75) is 25.0 Å². The van der Waals surface area contributed by atoms with E-state index in [1.54, 1.807) is 13.3 Å². The van der Waals surface area contributed by atoms with Crippen molar-refractivity contribution in [3.05, 3.63) is 18.3 Å². The first-order valence-corrected chi connectivity index (χ1v) is 5.92. The molecule has 0 atom stereocenters. The fourth-order valence-corrected chi connectivity index (χ4v) is 1.99. The molecule has 0 aromatic carbocycles. The van der Waals surface area contributed by atoms with Crippen LogP contribution >= 0.6 is 22.9 Å². The van der Waals surface area contributed by atoms with Crippen LogP contribution in [0.5, 0.6) is 11.6 Å². The highest BCUT2D eigenvalue weighted by Crippen LogP contribution is 2.26. The monoisotopic (exact) mass is 320 g/mol. The molecule has 1 aliphatic carbocycles. The molecule has 1 N–H and O–H groups in total. The van der Waals surface area contributed by atoms with Crippen LogP contribution in [0.1, 0.15) is 12.8 Å². The van der Waals surface area contributed by atoms with Crippen LogP contribution in [0.25, 0.3) is 0 Å². The molecule has 1 saturated carbocycles. The standard InChI is InChI=1S/C10H13IN2O2/c1-14-8-2-3-10(12-6-8)15-9-4-7(5-9)13-11/h2-3,6-7,9,13H,4-5H2,1H3. The first-order valence-electron chi connectivity index (χ1n) is 4.84. The Morgan fingerprint density at radius 2 is 2.27 bits per heavy atom. The molecule has 0 amide bonds. The summed E-state index contributed by atoms with van der Waals surface area (Å²) in [7, 11) is 1.63. The molecule has 5 heteroatoms. The summed E-state index contributed by atoms with van der Waals surface area (Å²) in [6.45, 7) is 0. The second-order valence-electron chi connectivity index (χ2n) is 3.55. The topological polar surface area (TPSA) is 43.4 Å². The molecule has 1 fully saturated rings. The van der Waals surface area contributed by atoms with Crippen LogP contribution in [0.3, 0.4) is 0 Å². The summed E-state index contributed by atoms with van der Waals surface area (Å²) in [6, 6.07) is 4.28. The predicted molar refractivity (Wildman–Crippen MR) is 65.4 cm³/mol. The van der Waals surface area contributed by atoms with Crippen LogP contribution in [-0.2, 0) is 0 Å². The number of aromatic nitrogens is 1. The third kappa shape index (κ3) is 2.72. The molecule has 2 rings (SSSR count). The molecule has 0 radical (unpaired) electrons. The number of methoxy groups -OCH3 is 1. The number of pyridine rings is 1. The molecular weight excluding hydrogens is 307 g/mol. The zero-order valence-corrected chi connectivity index (χ0v) is 10.6. The summed E-state index contributed by atoms with van der Waals surface area (Å²) in [5.41, 5.74) is 0. The van der Waals surface area contributed by atoms with Crippen molar-refractivity contribution in [1.82, 2.24) is 8.51 Å². The van der Waals surface area contributed by atoms with Crippen LogP contribution in [0.4, 0.5) is 0 Å². The van der Waals surface area contributed by atoms with Gasteiger partial charge in [-0.05, 0) is 6.07 Å². The van der Waals surface area contributed by atoms with Gasteiger partial charge in [0, 0.05) is 47.8 Å². The van der Waals surface area contributed by atoms with Crippen molar-refractivity contribution in [3.8, 4) is 11.6 Å². The van der Waals surface area contributed by atoms with Crippen LogP contribution in [0.2, 0.25) is 0 Å². The van der Waals surface area contributed by atoms with Gasteiger partial charge >= 0.3 is 0 Å². The third-order valence-electron chi connectivity index (χ3n) is 2.48. The summed E-state index contributed by atoms with van der Waals surface area (Å²) in [4.78, 5) is 4.15. The van der Waals surface area contributed by atoms with E-state index in [2.05, 4.69) is 31.4 Å². The minimum absolute atomic E-state index is 0.304. The van der Waals surface area contributed by atoms with Crippen molar-refractivity contribution < 1.29 is 9.47 Å². The second kappa shape index (κ2) is 4.98. The van der Waals surface area contributed by atoms with Crippen molar-refractivity contribution >= 4 is 22.9 Å². The molecule has 1 aromatic heterocycles. The van der Waals surface area contributed by atoms with Crippen LogP contribution in [0.15, 0.2) is 18.3 Å². The minimum Gasteiger partial charge on any atom is -0.495 e. The quantitative estimate of drug-likeness (QED) is 0.680. The highest BCUT2D eigenvalue weighted by Gasteiger charge is 2.30. The number of nitrogens with zero attached hydrogens (tertiary/aromatic N) is 1. The fourth-order valence-electron chi connectivity index (χ4n) is 1.48. The van der Waals surface area contributed by atoms with Gasteiger partial charge in [0.2, 0.25) is 5.88 Å². The van der Waals surface area contributed by atoms with Crippen LogP contribution in [-0.4, -0.2) is 24.2 Å². The zero-order chi connectivity index (χ0) is 10.7. The molecule has 1 aromatic rings. The van der Waals surface area contributed by atoms with E-state index in [0.29, 0.717) is 18.0 Å². The summed E-state index contributed by atoms with van der Waals surface area (Å²) in [5, 5.41) is 0. The Morgan fingerprint density at radius 3 is 2.80 bits per heavy atom. The highest BCUT2D eigenvalue weighted by atomic mass is 127. The van der Waals surface area contributed by atoms with E-state index in [-0.39, 0.29) is 0 Å². The van der Waals surface area contributed by atoms with Crippen molar-refractivity contribution in [1.29, 1.82) is 0 Å². The molecule has 0 unspecified atom stereocenters. The van der Waals surface area contributed by atoms with E-state index >= 15 is 0 Å². The molecule has 0 bridgehead atoms.